The number of hydrogen-bond donors (Lipinski definition) is 0. The highest BCUT2D eigenvalue weighted by atomic mass is 16.5. The molecule has 2 saturated heterocycles. The van der Waals surface area contributed by atoms with Crippen molar-refractivity contribution >= 4 is 28.7 Å². The van der Waals surface area contributed by atoms with Gasteiger partial charge < -0.3 is 14.5 Å². The molecule has 2 fully saturated rings. The third kappa shape index (κ3) is 3.37. The van der Waals surface area contributed by atoms with E-state index in [1.54, 1.807) is 4.90 Å². The predicted octanol–water partition coefficient (Wildman–Crippen LogP) is 1.50. The summed E-state index contributed by atoms with van der Waals surface area (Å²) in [7, 11) is 0. The number of ether oxygens (including phenoxy) is 1. The molecule has 0 N–H and O–H groups in total. The van der Waals surface area contributed by atoms with Crippen LogP contribution in [0.2, 0.25) is 0 Å². The number of likely N-dealkylation sites (tertiary alicyclic amines) is 1. The number of amides is 4. The Kier molecular flexibility index (Phi) is 4.85. The van der Waals surface area contributed by atoms with Crippen molar-refractivity contribution in [3.63, 3.8) is 0 Å². The van der Waals surface area contributed by atoms with E-state index in [4.69, 9.17) is 4.74 Å². The number of imide groups is 1. The van der Waals surface area contributed by atoms with E-state index in [-0.39, 0.29) is 12.6 Å². The Hall–Kier alpha value is -3.16. The Morgan fingerprint density at radius 3 is 2.75 bits per heavy atom. The van der Waals surface area contributed by atoms with Gasteiger partial charge in [-0.25, -0.2) is 9.78 Å². The van der Waals surface area contributed by atoms with E-state index >= 15 is 0 Å². The number of nitrogens with zero attached hydrogens (tertiary/aromatic N) is 4. The minimum atomic E-state index is -0.751. The first-order valence-corrected chi connectivity index (χ1v) is 9.49. The van der Waals surface area contributed by atoms with E-state index in [9.17, 15) is 14.4 Å². The van der Waals surface area contributed by atoms with Gasteiger partial charge in [-0.2, -0.15) is 0 Å². The number of urea groups is 1. The average Bonchev–Trinajstić information content (AvgIpc) is 3.18. The van der Waals surface area contributed by atoms with E-state index in [1.165, 1.54) is 4.90 Å². The lowest BCUT2D eigenvalue weighted by molar-refractivity contribution is -0.153. The summed E-state index contributed by atoms with van der Waals surface area (Å²) in [5.41, 5.74) is 0.851. The SMILES string of the molecule is CCN1CCN(C(=O)N2CC[C@@H](Oc3ccc4ccccc4n3)C2)C(=O)C1=O. The molecule has 1 atom stereocenters. The van der Waals surface area contributed by atoms with Crippen LogP contribution in [0.3, 0.4) is 0 Å². The maximum atomic E-state index is 12.7. The van der Waals surface area contributed by atoms with Crippen molar-refractivity contribution in [1.29, 1.82) is 0 Å². The molecule has 1 aromatic carbocycles. The molecule has 0 unspecified atom stereocenters. The molecule has 146 valence electrons. The second-order valence-corrected chi connectivity index (χ2v) is 6.94. The van der Waals surface area contributed by atoms with E-state index in [0.29, 0.717) is 38.5 Å². The first-order valence-electron chi connectivity index (χ1n) is 9.49. The molecule has 2 aliphatic heterocycles. The predicted molar refractivity (Wildman–Crippen MR) is 102 cm³/mol. The summed E-state index contributed by atoms with van der Waals surface area (Å²) in [5.74, 6) is -0.853. The van der Waals surface area contributed by atoms with Crippen LogP contribution in [0.15, 0.2) is 36.4 Å². The molecule has 3 heterocycles. The Bertz CT molecular complexity index is 931. The number of aromatic nitrogens is 1. The first kappa shape index (κ1) is 18.2. The maximum absolute atomic E-state index is 12.7. The van der Waals surface area contributed by atoms with Crippen molar-refractivity contribution in [2.45, 2.75) is 19.4 Å². The summed E-state index contributed by atoms with van der Waals surface area (Å²) in [6.45, 7) is 3.72. The Balaban J connectivity index is 1.38. The van der Waals surface area contributed by atoms with E-state index in [1.807, 2.05) is 43.3 Å². The van der Waals surface area contributed by atoms with Crippen LogP contribution in [0.25, 0.3) is 10.9 Å². The molecule has 0 bridgehead atoms. The minimum absolute atomic E-state index is 0.194. The molecule has 0 spiro atoms. The highest BCUT2D eigenvalue weighted by molar-refractivity contribution is 6.38. The summed E-state index contributed by atoms with van der Waals surface area (Å²) in [6.07, 6.45) is 0.456. The van der Waals surface area contributed by atoms with E-state index in [0.717, 1.165) is 15.8 Å². The minimum Gasteiger partial charge on any atom is -0.472 e. The molecular formula is C20H22N4O4. The highest BCUT2D eigenvalue weighted by Gasteiger charge is 2.39. The fourth-order valence-corrected chi connectivity index (χ4v) is 3.61. The molecule has 2 aromatic rings. The van der Waals surface area contributed by atoms with Crippen molar-refractivity contribution in [3.05, 3.63) is 36.4 Å². The summed E-state index contributed by atoms with van der Waals surface area (Å²) < 4.78 is 5.95. The fourth-order valence-electron chi connectivity index (χ4n) is 3.61. The lowest BCUT2D eigenvalue weighted by Gasteiger charge is -2.33. The smallest absolute Gasteiger partial charge is 0.327 e. The number of para-hydroxylation sites is 1. The van der Waals surface area contributed by atoms with Crippen LogP contribution in [0.5, 0.6) is 5.88 Å². The normalized spacial score (nSPS) is 20.2. The number of benzene rings is 1. The molecule has 1 aromatic heterocycles. The fraction of sp³-hybridized carbons (Fsp3) is 0.400. The summed E-state index contributed by atoms with van der Waals surface area (Å²) >= 11 is 0. The van der Waals surface area contributed by atoms with Crippen LogP contribution < -0.4 is 4.74 Å². The van der Waals surface area contributed by atoms with Crippen molar-refractivity contribution in [2.24, 2.45) is 0 Å². The Morgan fingerprint density at radius 2 is 1.93 bits per heavy atom. The summed E-state index contributed by atoms with van der Waals surface area (Å²) in [4.78, 5) is 45.5. The monoisotopic (exact) mass is 382 g/mol. The second kappa shape index (κ2) is 7.46. The Labute approximate surface area is 162 Å². The molecule has 0 saturated carbocycles. The van der Waals surface area contributed by atoms with Crippen molar-refractivity contribution in [1.82, 2.24) is 19.7 Å². The van der Waals surface area contributed by atoms with Crippen molar-refractivity contribution in [3.8, 4) is 5.88 Å². The third-order valence-corrected chi connectivity index (χ3v) is 5.20. The topological polar surface area (TPSA) is 83.0 Å². The zero-order valence-corrected chi connectivity index (χ0v) is 15.7. The molecular weight excluding hydrogens is 360 g/mol. The second-order valence-electron chi connectivity index (χ2n) is 6.94. The number of carbonyl (C=O) groups is 3. The van der Waals surface area contributed by atoms with Crippen LogP contribution >= 0.6 is 0 Å². The van der Waals surface area contributed by atoms with Gasteiger partial charge in [-0.1, -0.05) is 18.2 Å². The standard InChI is InChI=1S/C20H22N4O4/c1-2-22-11-12-24(19(26)18(22)25)20(27)23-10-9-15(13-23)28-17-8-7-14-5-3-4-6-16(14)21-17/h3-8,15H,2,9-13H2,1H3/t15-/m1/s1. The van der Waals surface area contributed by atoms with Crippen LogP contribution in [0, 0.1) is 0 Å². The van der Waals surface area contributed by atoms with Crippen LogP contribution in [-0.4, -0.2) is 76.4 Å². The molecule has 0 radical (unpaired) electrons. The van der Waals surface area contributed by atoms with Crippen molar-refractivity contribution in [2.75, 3.05) is 32.7 Å². The molecule has 8 heteroatoms. The molecule has 2 aliphatic rings. The van der Waals surface area contributed by atoms with Gasteiger partial charge >= 0.3 is 17.8 Å². The van der Waals surface area contributed by atoms with Gasteiger partial charge in [0.2, 0.25) is 5.88 Å². The maximum Gasteiger partial charge on any atom is 0.327 e. The van der Waals surface area contributed by atoms with Crippen LogP contribution in [0.1, 0.15) is 13.3 Å². The first-order chi connectivity index (χ1) is 13.6. The van der Waals surface area contributed by atoms with E-state index in [2.05, 4.69) is 4.98 Å². The lowest BCUT2D eigenvalue weighted by Crippen LogP contribution is -2.58. The van der Waals surface area contributed by atoms with Crippen molar-refractivity contribution < 1.29 is 19.1 Å². The third-order valence-electron chi connectivity index (χ3n) is 5.20. The lowest BCUT2D eigenvalue weighted by atomic mass is 10.2. The van der Waals surface area contributed by atoms with Gasteiger partial charge in [0.05, 0.1) is 12.1 Å². The van der Waals surface area contributed by atoms with Gasteiger partial charge in [0.15, 0.2) is 0 Å². The van der Waals surface area contributed by atoms with Gasteiger partial charge in [-0.05, 0) is 19.1 Å². The summed E-state index contributed by atoms with van der Waals surface area (Å²) in [5, 5.41) is 1.03. The molecule has 8 nitrogen and oxygen atoms in total. The highest BCUT2D eigenvalue weighted by Crippen LogP contribution is 2.21. The number of piperazine rings is 1. The van der Waals surface area contributed by atoms with Crippen LogP contribution in [0.4, 0.5) is 4.79 Å². The van der Waals surface area contributed by atoms with Gasteiger partial charge in [-0.15, -0.1) is 0 Å². The van der Waals surface area contributed by atoms with E-state index < -0.39 is 17.8 Å². The van der Waals surface area contributed by atoms with Gasteiger partial charge in [0, 0.05) is 44.1 Å². The number of pyridine rings is 1. The quantitative estimate of drug-likeness (QED) is 0.752. The van der Waals surface area contributed by atoms with Gasteiger partial charge in [0.1, 0.15) is 6.10 Å². The number of fused-ring (bicyclic) bond motifs is 1. The number of carbonyl (C=O) groups excluding carboxylic acids is 3. The molecule has 28 heavy (non-hydrogen) atoms. The zero-order valence-electron chi connectivity index (χ0n) is 15.7. The van der Waals surface area contributed by atoms with Gasteiger partial charge in [0.25, 0.3) is 0 Å². The molecule has 4 rings (SSSR count). The molecule has 0 aliphatic carbocycles. The summed E-state index contributed by atoms with van der Waals surface area (Å²) in [6, 6.07) is 11.1. The average molecular weight is 382 g/mol. The zero-order chi connectivity index (χ0) is 19.7. The largest absolute Gasteiger partial charge is 0.472 e. The van der Waals surface area contributed by atoms with Crippen LogP contribution in [-0.2, 0) is 9.59 Å². The number of likely N-dealkylation sites (N-methyl/N-ethyl adjacent to an activating group) is 1. The Morgan fingerprint density at radius 1 is 1.11 bits per heavy atom. The number of rotatable bonds is 3. The number of hydrogen-bond acceptors (Lipinski definition) is 5. The molecule has 4 amide bonds. The van der Waals surface area contributed by atoms with Gasteiger partial charge in [-0.3, -0.25) is 14.5 Å².